The summed E-state index contributed by atoms with van der Waals surface area (Å²) in [6.07, 6.45) is 4.84. The van der Waals surface area contributed by atoms with Crippen LogP contribution in [-0.4, -0.2) is 55.3 Å². The van der Waals surface area contributed by atoms with E-state index < -0.39 is 5.60 Å². The molecular weight excluding hydrogens is 392 g/mol. The van der Waals surface area contributed by atoms with Crippen LogP contribution >= 0.6 is 0 Å². The van der Waals surface area contributed by atoms with Crippen molar-refractivity contribution in [2.45, 2.75) is 57.6 Å². The van der Waals surface area contributed by atoms with Crippen molar-refractivity contribution in [1.82, 2.24) is 24.5 Å². The largest absolute Gasteiger partial charge is 0.444 e. The minimum Gasteiger partial charge on any atom is -0.444 e. The zero-order chi connectivity index (χ0) is 21.6. The number of carbonyl (C=O) groups is 1. The summed E-state index contributed by atoms with van der Waals surface area (Å²) in [5.41, 5.74) is 3.15. The highest BCUT2D eigenvalue weighted by molar-refractivity contribution is 5.69. The topological polar surface area (TPSA) is 84.6 Å². The number of rotatable bonds is 4. The fourth-order valence-corrected chi connectivity index (χ4v) is 3.90. The zero-order valence-corrected chi connectivity index (χ0v) is 18.2. The number of anilines is 1. The summed E-state index contributed by atoms with van der Waals surface area (Å²) >= 11 is 0. The molecule has 8 heteroatoms. The number of fused-ring (bicyclic) bond motifs is 1. The minimum absolute atomic E-state index is 0.136. The Labute approximate surface area is 181 Å². The van der Waals surface area contributed by atoms with E-state index in [0.29, 0.717) is 19.0 Å². The molecule has 1 N–H and O–H groups in total. The quantitative estimate of drug-likeness (QED) is 0.684. The molecule has 1 aliphatic carbocycles. The van der Waals surface area contributed by atoms with Gasteiger partial charge in [-0.25, -0.2) is 19.3 Å². The maximum absolute atomic E-state index is 12.3. The fourth-order valence-electron chi connectivity index (χ4n) is 3.90. The third kappa shape index (κ3) is 4.33. The van der Waals surface area contributed by atoms with E-state index in [1.807, 2.05) is 55.7 Å². The number of amides is 1. The van der Waals surface area contributed by atoms with E-state index in [9.17, 15) is 4.79 Å². The Bertz CT molecular complexity index is 1110. The summed E-state index contributed by atoms with van der Waals surface area (Å²) in [5, 5.41) is 8.27. The van der Waals surface area contributed by atoms with Crippen LogP contribution in [0.15, 0.2) is 36.5 Å². The third-order valence-electron chi connectivity index (χ3n) is 5.58. The van der Waals surface area contributed by atoms with Gasteiger partial charge >= 0.3 is 6.09 Å². The van der Waals surface area contributed by atoms with Gasteiger partial charge in [-0.05, 0) is 64.3 Å². The first-order chi connectivity index (χ1) is 14.9. The van der Waals surface area contributed by atoms with Crippen LogP contribution in [0.3, 0.4) is 0 Å². The summed E-state index contributed by atoms with van der Waals surface area (Å²) in [6.45, 7) is 6.92. The standard InChI is InChI=1S/C23H28N6O2/c1-23(2,3)31-22(30)28-12-11-16(14-28)25-20-6-4-5-18(26-20)19-13-24-21-10-9-17(15-7-8-15)27-29(19)21/h4-6,9-10,13,15-16H,7-8,11-12,14H2,1-3H3,(H,25,26). The average Bonchev–Trinajstić information content (AvgIpc) is 3.32. The number of ether oxygens (including phenoxy) is 1. The molecule has 0 spiro atoms. The van der Waals surface area contributed by atoms with Crippen LogP contribution in [0, 0.1) is 0 Å². The highest BCUT2D eigenvalue weighted by atomic mass is 16.6. The second-order valence-corrected chi connectivity index (χ2v) is 9.41. The molecule has 0 aromatic carbocycles. The summed E-state index contributed by atoms with van der Waals surface area (Å²) in [6, 6.07) is 10.1. The monoisotopic (exact) mass is 420 g/mol. The fraction of sp³-hybridized carbons (Fsp3) is 0.478. The Morgan fingerprint density at radius 1 is 1.16 bits per heavy atom. The van der Waals surface area contributed by atoms with Gasteiger partial charge in [0.05, 0.1) is 17.6 Å². The van der Waals surface area contributed by atoms with Crippen molar-refractivity contribution >= 4 is 17.6 Å². The molecule has 4 heterocycles. The molecule has 31 heavy (non-hydrogen) atoms. The number of hydrogen-bond acceptors (Lipinski definition) is 6. The van der Waals surface area contributed by atoms with Crippen LogP contribution in [0.1, 0.15) is 51.6 Å². The molecule has 3 aromatic heterocycles. The van der Waals surface area contributed by atoms with E-state index in [2.05, 4.69) is 16.4 Å². The van der Waals surface area contributed by atoms with Gasteiger partial charge in [-0.1, -0.05) is 6.07 Å². The van der Waals surface area contributed by atoms with Crippen molar-refractivity contribution in [3.63, 3.8) is 0 Å². The number of nitrogens with zero attached hydrogens (tertiary/aromatic N) is 5. The predicted octanol–water partition coefficient (Wildman–Crippen LogP) is 4.09. The van der Waals surface area contributed by atoms with Gasteiger partial charge in [0.15, 0.2) is 5.65 Å². The van der Waals surface area contributed by atoms with Crippen molar-refractivity contribution in [3.8, 4) is 11.4 Å². The molecular formula is C23H28N6O2. The Morgan fingerprint density at radius 3 is 2.77 bits per heavy atom. The van der Waals surface area contributed by atoms with E-state index in [4.69, 9.17) is 14.8 Å². The summed E-state index contributed by atoms with van der Waals surface area (Å²) in [4.78, 5) is 23.4. The lowest BCUT2D eigenvalue weighted by Crippen LogP contribution is -2.36. The highest BCUT2D eigenvalue weighted by Crippen LogP contribution is 2.39. The molecule has 1 atom stereocenters. The lowest BCUT2D eigenvalue weighted by atomic mass is 10.2. The molecule has 2 fully saturated rings. The second kappa shape index (κ2) is 7.51. The lowest BCUT2D eigenvalue weighted by Gasteiger charge is -2.24. The van der Waals surface area contributed by atoms with E-state index in [-0.39, 0.29) is 12.1 Å². The molecule has 8 nitrogen and oxygen atoms in total. The Balaban J connectivity index is 1.31. The predicted molar refractivity (Wildman–Crippen MR) is 118 cm³/mol. The van der Waals surface area contributed by atoms with Gasteiger partial charge in [0.25, 0.3) is 0 Å². The third-order valence-corrected chi connectivity index (χ3v) is 5.58. The van der Waals surface area contributed by atoms with Crippen LogP contribution in [0.25, 0.3) is 17.0 Å². The molecule has 2 aliphatic rings. The first kappa shape index (κ1) is 19.8. The van der Waals surface area contributed by atoms with Crippen LogP contribution < -0.4 is 5.32 Å². The molecule has 1 saturated heterocycles. The van der Waals surface area contributed by atoms with E-state index >= 15 is 0 Å². The Morgan fingerprint density at radius 2 is 2.00 bits per heavy atom. The van der Waals surface area contributed by atoms with Crippen molar-refractivity contribution < 1.29 is 9.53 Å². The Hall–Kier alpha value is -3.16. The van der Waals surface area contributed by atoms with Crippen molar-refractivity contribution in [2.24, 2.45) is 0 Å². The van der Waals surface area contributed by atoms with Gasteiger partial charge in [0.1, 0.15) is 17.1 Å². The molecule has 0 radical (unpaired) electrons. The minimum atomic E-state index is -0.486. The van der Waals surface area contributed by atoms with Crippen LogP contribution in [0.2, 0.25) is 0 Å². The molecule has 5 rings (SSSR count). The smallest absolute Gasteiger partial charge is 0.410 e. The van der Waals surface area contributed by atoms with Gasteiger partial charge in [0, 0.05) is 25.0 Å². The Kier molecular flexibility index (Phi) is 4.79. The normalized spacial score (nSPS) is 19.1. The van der Waals surface area contributed by atoms with E-state index in [1.54, 1.807) is 4.90 Å². The summed E-state index contributed by atoms with van der Waals surface area (Å²) in [5.74, 6) is 1.36. The molecule has 1 amide bonds. The average molecular weight is 421 g/mol. The number of pyridine rings is 1. The first-order valence-electron chi connectivity index (χ1n) is 10.9. The van der Waals surface area contributed by atoms with Gasteiger partial charge in [0.2, 0.25) is 0 Å². The van der Waals surface area contributed by atoms with Crippen LogP contribution in [0.5, 0.6) is 0 Å². The molecule has 3 aromatic rings. The summed E-state index contributed by atoms with van der Waals surface area (Å²) in [7, 11) is 0. The second-order valence-electron chi connectivity index (χ2n) is 9.41. The maximum atomic E-state index is 12.3. The van der Waals surface area contributed by atoms with E-state index in [0.717, 1.165) is 35.0 Å². The number of likely N-dealkylation sites (tertiary alicyclic amines) is 1. The zero-order valence-electron chi connectivity index (χ0n) is 18.2. The van der Waals surface area contributed by atoms with Crippen molar-refractivity contribution in [1.29, 1.82) is 0 Å². The highest BCUT2D eigenvalue weighted by Gasteiger charge is 2.30. The van der Waals surface area contributed by atoms with Crippen molar-refractivity contribution in [3.05, 3.63) is 42.2 Å². The van der Waals surface area contributed by atoms with Gasteiger partial charge in [-0.2, -0.15) is 5.10 Å². The van der Waals surface area contributed by atoms with Crippen LogP contribution in [-0.2, 0) is 4.74 Å². The number of nitrogens with one attached hydrogen (secondary N) is 1. The molecule has 1 saturated carbocycles. The first-order valence-corrected chi connectivity index (χ1v) is 10.9. The van der Waals surface area contributed by atoms with Gasteiger partial charge < -0.3 is 15.0 Å². The number of imidazole rings is 1. The molecule has 1 aliphatic heterocycles. The van der Waals surface area contributed by atoms with Gasteiger partial charge in [-0.15, -0.1) is 0 Å². The van der Waals surface area contributed by atoms with Crippen LogP contribution in [0.4, 0.5) is 10.6 Å². The molecule has 0 bridgehead atoms. The van der Waals surface area contributed by atoms with Gasteiger partial charge in [-0.3, -0.25) is 0 Å². The summed E-state index contributed by atoms with van der Waals surface area (Å²) < 4.78 is 7.38. The molecule has 162 valence electrons. The number of hydrogen-bond donors (Lipinski definition) is 1. The number of carbonyl (C=O) groups excluding carboxylic acids is 1. The SMILES string of the molecule is CC(C)(C)OC(=O)N1CCC(Nc2cccc(-c3cnc4ccc(C5CC5)nn34)n2)C1. The van der Waals surface area contributed by atoms with Crippen molar-refractivity contribution in [2.75, 3.05) is 18.4 Å². The van der Waals surface area contributed by atoms with E-state index in [1.165, 1.54) is 12.8 Å². The number of aromatic nitrogens is 4. The molecule has 1 unspecified atom stereocenters. The lowest BCUT2D eigenvalue weighted by molar-refractivity contribution is 0.0293. The maximum Gasteiger partial charge on any atom is 0.410 e.